The Morgan fingerprint density at radius 3 is 2.40 bits per heavy atom. The van der Waals surface area contributed by atoms with Crippen molar-refractivity contribution in [1.82, 2.24) is 5.32 Å². The average molecular weight is 408 g/mol. The van der Waals surface area contributed by atoms with Crippen molar-refractivity contribution in [3.05, 3.63) is 57.6 Å². The molecule has 0 spiro atoms. The molecule has 0 saturated carbocycles. The van der Waals surface area contributed by atoms with Crippen LogP contribution in [0.4, 0.5) is 0 Å². The molecule has 0 saturated heterocycles. The van der Waals surface area contributed by atoms with Gasteiger partial charge in [-0.2, -0.15) is 0 Å². The number of benzene rings is 2. The molecule has 0 aromatic heterocycles. The van der Waals surface area contributed by atoms with E-state index in [4.69, 9.17) is 14.2 Å². The van der Waals surface area contributed by atoms with Gasteiger partial charge in [-0.15, -0.1) is 0 Å². The number of esters is 1. The molecule has 0 aliphatic rings. The fourth-order valence-corrected chi connectivity index (χ4v) is 2.64. The van der Waals surface area contributed by atoms with Gasteiger partial charge in [-0.1, -0.05) is 6.07 Å². The molecule has 6 nitrogen and oxygen atoms in total. The lowest BCUT2D eigenvalue weighted by molar-refractivity contribution is 0.0597. The summed E-state index contributed by atoms with van der Waals surface area (Å²) in [5.74, 6) is 0.241. The van der Waals surface area contributed by atoms with Crippen molar-refractivity contribution in [2.45, 2.75) is 6.54 Å². The lowest BCUT2D eigenvalue weighted by atomic mass is 10.1. The van der Waals surface area contributed by atoms with Gasteiger partial charge in [0, 0.05) is 11.0 Å². The zero-order valence-electron chi connectivity index (χ0n) is 14.1. The van der Waals surface area contributed by atoms with Gasteiger partial charge in [-0.25, -0.2) is 4.79 Å². The van der Waals surface area contributed by atoms with Crippen LogP contribution in [0.5, 0.6) is 11.5 Å². The van der Waals surface area contributed by atoms with Crippen molar-refractivity contribution in [3.63, 3.8) is 0 Å². The molecule has 2 aromatic rings. The van der Waals surface area contributed by atoms with Crippen LogP contribution in [0.2, 0.25) is 0 Å². The van der Waals surface area contributed by atoms with Gasteiger partial charge in [0.1, 0.15) is 17.1 Å². The molecule has 0 radical (unpaired) electrons. The Bertz CT molecular complexity index is 791. The van der Waals surface area contributed by atoms with Gasteiger partial charge in [0.25, 0.3) is 5.91 Å². The minimum atomic E-state index is -0.499. The highest BCUT2D eigenvalue weighted by Crippen LogP contribution is 2.23. The maximum Gasteiger partial charge on any atom is 0.341 e. The Balaban J connectivity index is 2.16. The van der Waals surface area contributed by atoms with Crippen LogP contribution in [0.1, 0.15) is 26.3 Å². The maximum absolute atomic E-state index is 12.4. The summed E-state index contributed by atoms with van der Waals surface area (Å²) in [6.45, 7) is 0.246. The molecule has 0 aliphatic heterocycles. The van der Waals surface area contributed by atoms with Gasteiger partial charge in [-0.3, -0.25) is 4.79 Å². The summed E-state index contributed by atoms with van der Waals surface area (Å²) < 4.78 is 15.7. The molecule has 25 heavy (non-hydrogen) atoms. The molecular formula is C18H18BrNO5. The number of rotatable bonds is 6. The number of ether oxygens (including phenoxy) is 3. The van der Waals surface area contributed by atoms with Gasteiger partial charge in [0.05, 0.1) is 26.9 Å². The van der Waals surface area contributed by atoms with E-state index in [2.05, 4.69) is 21.2 Å². The predicted molar refractivity (Wildman–Crippen MR) is 96.2 cm³/mol. The van der Waals surface area contributed by atoms with Crippen LogP contribution in [-0.4, -0.2) is 33.2 Å². The molecule has 2 rings (SSSR count). The van der Waals surface area contributed by atoms with E-state index in [-0.39, 0.29) is 12.5 Å². The maximum atomic E-state index is 12.4. The minimum Gasteiger partial charge on any atom is -0.497 e. The Morgan fingerprint density at radius 2 is 1.76 bits per heavy atom. The average Bonchev–Trinajstić information content (AvgIpc) is 2.65. The Labute approximate surface area is 154 Å². The number of hydrogen-bond donors (Lipinski definition) is 1. The molecule has 0 atom stereocenters. The second-order valence-corrected chi connectivity index (χ2v) is 5.91. The van der Waals surface area contributed by atoms with Crippen molar-refractivity contribution >= 4 is 27.8 Å². The summed E-state index contributed by atoms with van der Waals surface area (Å²) in [5.41, 5.74) is 1.51. The van der Waals surface area contributed by atoms with Gasteiger partial charge in [-0.05, 0) is 51.8 Å². The third-order valence-corrected chi connectivity index (χ3v) is 4.23. The third kappa shape index (κ3) is 4.51. The summed E-state index contributed by atoms with van der Waals surface area (Å²) in [6.07, 6.45) is 0. The Kier molecular flexibility index (Phi) is 6.41. The zero-order chi connectivity index (χ0) is 18.4. The third-order valence-electron chi connectivity index (χ3n) is 3.54. The zero-order valence-corrected chi connectivity index (χ0v) is 15.7. The van der Waals surface area contributed by atoms with Crippen molar-refractivity contribution in [1.29, 1.82) is 0 Å². The first-order chi connectivity index (χ1) is 12.0. The van der Waals surface area contributed by atoms with Gasteiger partial charge in [0.15, 0.2) is 0 Å². The summed E-state index contributed by atoms with van der Waals surface area (Å²) in [5, 5.41) is 2.81. The molecule has 0 unspecified atom stereocenters. The van der Waals surface area contributed by atoms with E-state index in [0.717, 1.165) is 5.56 Å². The molecule has 0 heterocycles. The second kappa shape index (κ2) is 8.53. The van der Waals surface area contributed by atoms with Crippen molar-refractivity contribution in [2.75, 3.05) is 21.3 Å². The first-order valence-electron chi connectivity index (χ1n) is 7.37. The van der Waals surface area contributed by atoms with Crippen molar-refractivity contribution in [3.8, 4) is 11.5 Å². The first kappa shape index (κ1) is 18.8. The highest BCUT2D eigenvalue weighted by Gasteiger charge is 2.15. The summed E-state index contributed by atoms with van der Waals surface area (Å²) in [7, 11) is 4.32. The van der Waals surface area contributed by atoms with Crippen LogP contribution < -0.4 is 14.8 Å². The summed E-state index contributed by atoms with van der Waals surface area (Å²) in [6, 6.07) is 10.2. The quantitative estimate of drug-likeness (QED) is 0.744. The summed E-state index contributed by atoms with van der Waals surface area (Å²) in [4.78, 5) is 24.2. The SMILES string of the molecule is COC(=O)c1cc(CNC(=O)c2cc(OC)ccc2Br)ccc1OC. The molecule has 1 N–H and O–H groups in total. The number of hydrogen-bond acceptors (Lipinski definition) is 5. The van der Waals surface area contributed by atoms with Gasteiger partial charge >= 0.3 is 5.97 Å². The van der Waals surface area contributed by atoms with E-state index < -0.39 is 5.97 Å². The van der Waals surface area contributed by atoms with Crippen molar-refractivity contribution in [2.24, 2.45) is 0 Å². The van der Waals surface area contributed by atoms with Gasteiger partial charge < -0.3 is 19.5 Å². The predicted octanol–water partition coefficient (Wildman–Crippen LogP) is 3.18. The lowest BCUT2D eigenvalue weighted by Crippen LogP contribution is -2.23. The highest BCUT2D eigenvalue weighted by atomic mass is 79.9. The lowest BCUT2D eigenvalue weighted by Gasteiger charge is -2.11. The van der Waals surface area contributed by atoms with Crippen LogP contribution in [-0.2, 0) is 11.3 Å². The molecule has 132 valence electrons. The highest BCUT2D eigenvalue weighted by molar-refractivity contribution is 9.10. The van der Waals surface area contributed by atoms with Crippen LogP contribution in [0.25, 0.3) is 0 Å². The molecule has 2 aromatic carbocycles. The smallest absolute Gasteiger partial charge is 0.341 e. The van der Waals surface area contributed by atoms with E-state index in [0.29, 0.717) is 27.1 Å². The minimum absolute atomic E-state index is 0.246. The second-order valence-electron chi connectivity index (χ2n) is 5.05. The molecule has 1 amide bonds. The largest absolute Gasteiger partial charge is 0.497 e. The fourth-order valence-electron chi connectivity index (χ4n) is 2.22. The number of carbonyl (C=O) groups is 2. The Hall–Kier alpha value is -2.54. The van der Waals surface area contributed by atoms with E-state index in [9.17, 15) is 9.59 Å². The summed E-state index contributed by atoms with van der Waals surface area (Å²) >= 11 is 3.35. The standard InChI is InChI=1S/C18H18BrNO5/c1-23-12-5-6-15(19)13(9-12)17(21)20-10-11-4-7-16(24-2)14(8-11)18(22)25-3/h4-9H,10H2,1-3H3,(H,20,21). The number of amides is 1. The van der Waals surface area contributed by atoms with Crippen LogP contribution in [0.15, 0.2) is 40.9 Å². The number of carbonyl (C=O) groups excluding carboxylic acids is 2. The number of nitrogens with one attached hydrogen (secondary N) is 1. The number of halogens is 1. The normalized spacial score (nSPS) is 10.1. The molecule has 0 fully saturated rings. The molecule has 0 aliphatic carbocycles. The monoisotopic (exact) mass is 407 g/mol. The first-order valence-corrected chi connectivity index (χ1v) is 8.16. The fraction of sp³-hybridized carbons (Fsp3) is 0.222. The Morgan fingerprint density at radius 1 is 1.00 bits per heavy atom. The van der Waals surface area contributed by atoms with E-state index in [1.807, 2.05) is 0 Å². The molecule has 0 bridgehead atoms. The van der Waals surface area contributed by atoms with Crippen molar-refractivity contribution < 1.29 is 23.8 Å². The number of methoxy groups -OCH3 is 3. The van der Waals surface area contributed by atoms with Crippen LogP contribution in [0.3, 0.4) is 0 Å². The van der Waals surface area contributed by atoms with Gasteiger partial charge in [0.2, 0.25) is 0 Å². The molecule has 7 heteroatoms. The van der Waals surface area contributed by atoms with E-state index >= 15 is 0 Å². The topological polar surface area (TPSA) is 73.9 Å². The van der Waals surface area contributed by atoms with E-state index in [1.54, 1.807) is 36.4 Å². The molecular weight excluding hydrogens is 390 g/mol. The van der Waals surface area contributed by atoms with Crippen LogP contribution >= 0.6 is 15.9 Å². The van der Waals surface area contributed by atoms with E-state index in [1.165, 1.54) is 21.3 Å². The van der Waals surface area contributed by atoms with Crippen LogP contribution in [0, 0.1) is 0 Å².